The van der Waals surface area contributed by atoms with Crippen molar-refractivity contribution in [1.82, 2.24) is 20.5 Å². The minimum absolute atomic E-state index is 0.125. The zero-order chi connectivity index (χ0) is 13.7. The molecule has 1 atom stereocenters. The van der Waals surface area contributed by atoms with Gasteiger partial charge in [0.05, 0.1) is 0 Å². The van der Waals surface area contributed by atoms with Gasteiger partial charge in [0.1, 0.15) is 17.9 Å². The maximum absolute atomic E-state index is 9.93. The average molecular weight is 325 g/mol. The molecule has 2 aromatic rings. The van der Waals surface area contributed by atoms with Gasteiger partial charge >= 0.3 is 0 Å². The Morgan fingerprint density at radius 2 is 2.32 bits per heavy atom. The lowest BCUT2D eigenvalue weighted by Crippen LogP contribution is -2.23. The van der Waals surface area contributed by atoms with Crippen molar-refractivity contribution in [3.63, 3.8) is 0 Å². The van der Waals surface area contributed by atoms with Gasteiger partial charge in [-0.2, -0.15) is 5.10 Å². The summed E-state index contributed by atoms with van der Waals surface area (Å²) in [5.74, 6) is 1.18. The normalized spacial score (nSPS) is 12.5. The molecule has 19 heavy (non-hydrogen) atoms. The number of phenols is 1. The van der Waals surface area contributed by atoms with E-state index in [9.17, 15) is 5.11 Å². The first-order valence-electron chi connectivity index (χ1n) is 6.26. The van der Waals surface area contributed by atoms with Gasteiger partial charge in [-0.1, -0.05) is 22.9 Å². The van der Waals surface area contributed by atoms with Crippen LogP contribution in [-0.2, 0) is 6.42 Å². The van der Waals surface area contributed by atoms with Crippen molar-refractivity contribution in [2.75, 3.05) is 6.54 Å². The van der Waals surface area contributed by atoms with Crippen LogP contribution in [0.25, 0.3) is 0 Å². The van der Waals surface area contributed by atoms with Crippen LogP contribution in [-0.4, -0.2) is 26.8 Å². The number of rotatable bonds is 6. The highest BCUT2D eigenvalue weighted by Gasteiger charge is 2.13. The Labute approximate surface area is 120 Å². The van der Waals surface area contributed by atoms with Crippen molar-refractivity contribution in [2.24, 2.45) is 0 Å². The summed E-state index contributed by atoms with van der Waals surface area (Å²) in [6, 6.07) is 5.62. The quantitative estimate of drug-likeness (QED) is 0.763. The Morgan fingerprint density at radius 3 is 3.00 bits per heavy atom. The Bertz CT molecular complexity index is 515. The van der Waals surface area contributed by atoms with Gasteiger partial charge in [0.15, 0.2) is 0 Å². The fraction of sp³-hybridized carbons (Fsp3) is 0.385. The lowest BCUT2D eigenvalue weighted by atomic mass is 10.0. The summed E-state index contributed by atoms with van der Waals surface area (Å²) in [5, 5.41) is 20.0. The molecular formula is C13H17BrN4O. The zero-order valence-corrected chi connectivity index (χ0v) is 12.3. The predicted octanol–water partition coefficient (Wildman–Crippen LogP) is 2.56. The van der Waals surface area contributed by atoms with E-state index >= 15 is 0 Å². The van der Waals surface area contributed by atoms with Gasteiger partial charge < -0.3 is 10.4 Å². The first-order chi connectivity index (χ1) is 9.20. The molecule has 1 aromatic carbocycles. The molecule has 0 spiro atoms. The van der Waals surface area contributed by atoms with Gasteiger partial charge in [-0.15, -0.1) is 0 Å². The molecule has 3 N–H and O–H groups in total. The number of hydrogen-bond acceptors (Lipinski definition) is 4. The monoisotopic (exact) mass is 324 g/mol. The van der Waals surface area contributed by atoms with Gasteiger partial charge in [-0.05, 0) is 24.6 Å². The summed E-state index contributed by atoms with van der Waals surface area (Å²) in [7, 11) is 0. The van der Waals surface area contributed by atoms with Crippen LogP contribution in [0, 0.1) is 0 Å². The highest BCUT2D eigenvalue weighted by molar-refractivity contribution is 9.10. The molecule has 6 heteroatoms. The molecule has 0 amide bonds. The number of aromatic amines is 1. The van der Waals surface area contributed by atoms with Crippen molar-refractivity contribution in [1.29, 1.82) is 0 Å². The lowest BCUT2D eigenvalue weighted by Gasteiger charge is -2.18. The van der Waals surface area contributed by atoms with Gasteiger partial charge in [-0.3, -0.25) is 5.10 Å². The number of aromatic hydroxyl groups is 1. The van der Waals surface area contributed by atoms with E-state index in [1.807, 2.05) is 12.1 Å². The maximum atomic E-state index is 9.93. The van der Waals surface area contributed by atoms with Crippen molar-refractivity contribution >= 4 is 15.9 Å². The van der Waals surface area contributed by atoms with E-state index < -0.39 is 0 Å². The molecule has 0 aliphatic rings. The number of hydrogen-bond donors (Lipinski definition) is 3. The molecule has 0 radical (unpaired) electrons. The van der Waals surface area contributed by atoms with E-state index in [2.05, 4.69) is 43.4 Å². The third-order valence-corrected chi connectivity index (χ3v) is 3.48. The lowest BCUT2D eigenvalue weighted by molar-refractivity contribution is 0.441. The van der Waals surface area contributed by atoms with E-state index in [4.69, 9.17) is 0 Å². The van der Waals surface area contributed by atoms with Crippen LogP contribution in [0.15, 0.2) is 29.0 Å². The summed E-state index contributed by atoms with van der Waals surface area (Å²) in [4.78, 5) is 4.08. The van der Waals surface area contributed by atoms with Crippen LogP contribution in [0.3, 0.4) is 0 Å². The second kappa shape index (κ2) is 6.68. The molecule has 0 fully saturated rings. The highest BCUT2D eigenvalue weighted by Crippen LogP contribution is 2.29. The molecule has 0 bridgehead atoms. The fourth-order valence-corrected chi connectivity index (χ4v) is 2.37. The zero-order valence-electron chi connectivity index (χ0n) is 10.7. The molecular weight excluding hydrogens is 308 g/mol. The van der Waals surface area contributed by atoms with Crippen molar-refractivity contribution in [3.8, 4) is 5.75 Å². The van der Waals surface area contributed by atoms with Gasteiger partial charge in [0, 0.05) is 29.0 Å². The SMILES string of the molecule is CCC(NCCc1ncn[nH]1)c1cc(Br)ccc1O. The van der Waals surface area contributed by atoms with E-state index in [-0.39, 0.29) is 6.04 Å². The van der Waals surface area contributed by atoms with E-state index in [0.29, 0.717) is 5.75 Å². The maximum Gasteiger partial charge on any atom is 0.137 e. The number of aromatic nitrogens is 3. The largest absolute Gasteiger partial charge is 0.508 e. The van der Waals surface area contributed by atoms with Crippen LogP contribution < -0.4 is 5.32 Å². The van der Waals surface area contributed by atoms with E-state index in [1.165, 1.54) is 6.33 Å². The second-order valence-electron chi connectivity index (χ2n) is 4.30. The van der Waals surface area contributed by atoms with Crippen molar-refractivity contribution in [2.45, 2.75) is 25.8 Å². The summed E-state index contributed by atoms with van der Waals surface area (Å²) in [6.07, 6.45) is 3.19. The Balaban J connectivity index is 1.97. The third kappa shape index (κ3) is 3.78. The van der Waals surface area contributed by atoms with Crippen LogP contribution in [0.4, 0.5) is 0 Å². The molecule has 1 unspecified atom stereocenters. The summed E-state index contributed by atoms with van der Waals surface area (Å²) >= 11 is 3.43. The van der Waals surface area contributed by atoms with Crippen LogP contribution in [0.5, 0.6) is 5.75 Å². The molecule has 1 heterocycles. The highest BCUT2D eigenvalue weighted by atomic mass is 79.9. The molecule has 0 aliphatic heterocycles. The number of nitrogens with one attached hydrogen (secondary N) is 2. The summed E-state index contributed by atoms with van der Waals surface area (Å²) in [6.45, 7) is 2.87. The number of nitrogens with zero attached hydrogens (tertiary/aromatic N) is 2. The van der Waals surface area contributed by atoms with Crippen LogP contribution >= 0.6 is 15.9 Å². The second-order valence-corrected chi connectivity index (χ2v) is 5.22. The number of halogens is 1. The van der Waals surface area contributed by atoms with Crippen molar-refractivity contribution in [3.05, 3.63) is 40.4 Å². The number of benzene rings is 1. The molecule has 102 valence electrons. The van der Waals surface area contributed by atoms with E-state index in [0.717, 1.165) is 35.2 Å². The Hall–Kier alpha value is -1.40. The molecule has 2 rings (SSSR count). The minimum atomic E-state index is 0.125. The first kappa shape index (κ1) is 14.0. The third-order valence-electron chi connectivity index (χ3n) is 2.99. The number of phenolic OH excluding ortho intramolecular Hbond substituents is 1. The molecule has 5 nitrogen and oxygen atoms in total. The standard InChI is InChI=1S/C13H17BrN4O/c1-2-11(10-7-9(14)3-4-12(10)19)15-6-5-13-16-8-17-18-13/h3-4,7-8,11,15,19H,2,5-6H2,1H3,(H,16,17,18). The Morgan fingerprint density at radius 1 is 1.47 bits per heavy atom. The molecule has 0 saturated carbocycles. The number of H-pyrrole nitrogens is 1. The molecule has 1 aromatic heterocycles. The molecule has 0 aliphatic carbocycles. The average Bonchev–Trinajstić information content (AvgIpc) is 2.91. The van der Waals surface area contributed by atoms with Crippen molar-refractivity contribution < 1.29 is 5.11 Å². The van der Waals surface area contributed by atoms with Crippen LogP contribution in [0.1, 0.15) is 30.8 Å². The Kier molecular flexibility index (Phi) is 4.93. The summed E-state index contributed by atoms with van der Waals surface area (Å²) < 4.78 is 0.968. The summed E-state index contributed by atoms with van der Waals surface area (Å²) in [5.41, 5.74) is 0.912. The van der Waals surface area contributed by atoms with Crippen LogP contribution in [0.2, 0.25) is 0 Å². The fourth-order valence-electron chi connectivity index (χ4n) is 1.99. The van der Waals surface area contributed by atoms with Gasteiger partial charge in [0.25, 0.3) is 0 Å². The van der Waals surface area contributed by atoms with Gasteiger partial charge in [-0.25, -0.2) is 4.98 Å². The van der Waals surface area contributed by atoms with Gasteiger partial charge in [0.2, 0.25) is 0 Å². The molecule has 0 saturated heterocycles. The topological polar surface area (TPSA) is 73.8 Å². The smallest absolute Gasteiger partial charge is 0.137 e. The predicted molar refractivity (Wildman–Crippen MR) is 76.9 cm³/mol. The van der Waals surface area contributed by atoms with E-state index in [1.54, 1.807) is 6.07 Å². The minimum Gasteiger partial charge on any atom is -0.508 e. The first-order valence-corrected chi connectivity index (χ1v) is 7.06.